The van der Waals surface area contributed by atoms with E-state index in [0.29, 0.717) is 10.7 Å². The lowest BCUT2D eigenvalue weighted by Crippen LogP contribution is -2.12. The van der Waals surface area contributed by atoms with E-state index in [0.717, 1.165) is 22.2 Å². The standard InChI is InChI=1S/C19H14ClN3O2S/c20-14-3-7-16(8-4-14)26(24,25)23-15-5-1-13(2-6-15)17-9-11-21-19-18(17)10-12-22-19/h1-12,23H,(H,21,22). The molecule has 2 heterocycles. The van der Waals surface area contributed by atoms with Gasteiger partial charge in [0.2, 0.25) is 0 Å². The number of fused-ring (bicyclic) bond motifs is 1. The maximum Gasteiger partial charge on any atom is 0.261 e. The Bertz CT molecular complexity index is 1170. The van der Waals surface area contributed by atoms with Crippen LogP contribution in [-0.2, 0) is 10.0 Å². The number of aromatic amines is 1. The quantitative estimate of drug-likeness (QED) is 0.537. The molecule has 0 fully saturated rings. The number of nitrogens with one attached hydrogen (secondary N) is 2. The number of aromatic nitrogens is 2. The van der Waals surface area contributed by atoms with Crippen molar-refractivity contribution in [1.82, 2.24) is 9.97 Å². The number of sulfonamides is 1. The van der Waals surface area contributed by atoms with Crippen LogP contribution in [0.1, 0.15) is 0 Å². The summed E-state index contributed by atoms with van der Waals surface area (Å²) in [5.74, 6) is 0. The molecule has 0 amide bonds. The minimum absolute atomic E-state index is 0.161. The molecule has 0 aliphatic rings. The zero-order chi connectivity index (χ0) is 18.1. The summed E-state index contributed by atoms with van der Waals surface area (Å²) in [4.78, 5) is 7.52. The van der Waals surface area contributed by atoms with Crippen LogP contribution in [0.2, 0.25) is 5.02 Å². The van der Waals surface area contributed by atoms with Gasteiger partial charge < -0.3 is 4.98 Å². The largest absolute Gasteiger partial charge is 0.346 e. The first kappa shape index (κ1) is 16.6. The van der Waals surface area contributed by atoms with Crippen LogP contribution < -0.4 is 4.72 Å². The Morgan fingerprint density at radius 1 is 0.923 bits per heavy atom. The molecule has 0 spiro atoms. The van der Waals surface area contributed by atoms with E-state index in [1.165, 1.54) is 12.1 Å². The molecule has 26 heavy (non-hydrogen) atoms. The zero-order valence-corrected chi connectivity index (χ0v) is 15.1. The second-order valence-corrected chi connectivity index (χ2v) is 7.85. The average Bonchev–Trinajstić information content (AvgIpc) is 3.11. The van der Waals surface area contributed by atoms with E-state index < -0.39 is 10.0 Å². The number of nitrogens with zero attached hydrogens (tertiary/aromatic N) is 1. The van der Waals surface area contributed by atoms with Gasteiger partial charge in [-0.2, -0.15) is 0 Å². The number of benzene rings is 2. The van der Waals surface area contributed by atoms with Crippen molar-refractivity contribution in [3.05, 3.63) is 78.1 Å². The molecule has 5 nitrogen and oxygen atoms in total. The summed E-state index contributed by atoms with van der Waals surface area (Å²) in [6.07, 6.45) is 3.58. The smallest absolute Gasteiger partial charge is 0.261 e. The van der Waals surface area contributed by atoms with Gasteiger partial charge in [0.05, 0.1) is 4.90 Å². The fourth-order valence-corrected chi connectivity index (χ4v) is 3.94. The Labute approximate surface area is 155 Å². The van der Waals surface area contributed by atoms with Gasteiger partial charge in [-0.3, -0.25) is 4.72 Å². The van der Waals surface area contributed by atoms with Crippen molar-refractivity contribution < 1.29 is 8.42 Å². The van der Waals surface area contributed by atoms with Crippen LogP contribution >= 0.6 is 11.6 Å². The van der Waals surface area contributed by atoms with Gasteiger partial charge in [0.25, 0.3) is 10.0 Å². The van der Waals surface area contributed by atoms with Crippen molar-refractivity contribution in [2.75, 3.05) is 4.72 Å². The molecular weight excluding hydrogens is 370 g/mol. The fourth-order valence-electron chi connectivity index (χ4n) is 2.76. The van der Waals surface area contributed by atoms with E-state index in [4.69, 9.17) is 11.6 Å². The highest BCUT2D eigenvalue weighted by atomic mass is 35.5. The van der Waals surface area contributed by atoms with Gasteiger partial charge >= 0.3 is 0 Å². The van der Waals surface area contributed by atoms with Crippen molar-refractivity contribution in [2.24, 2.45) is 0 Å². The summed E-state index contributed by atoms with van der Waals surface area (Å²) < 4.78 is 27.5. The van der Waals surface area contributed by atoms with Crippen molar-refractivity contribution in [3.8, 4) is 11.1 Å². The van der Waals surface area contributed by atoms with E-state index in [1.54, 1.807) is 30.5 Å². The predicted octanol–water partition coefficient (Wildman–Crippen LogP) is 4.68. The topological polar surface area (TPSA) is 74.8 Å². The second kappa shape index (κ2) is 6.48. The molecule has 2 N–H and O–H groups in total. The third kappa shape index (κ3) is 3.16. The molecule has 4 rings (SSSR count). The van der Waals surface area contributed by atoms with Gasteiger partial charge in [-0.25, -0.2) is 13.4 Å². The molecule has 0 atom stereocenters. The Kier molecular flexibility index (Phi) is 4.14. The van der Waals surface area contributed by atoms with Gasteiger partial charge in [-0.05, 0) is 59.7 Å². The van der Waals surface area contributed by atoms with Crippen LogP contribution in [0, 0.1) is 0 Å². The van der Waals surface area contributed by atoms with Crippen molar-refractivity contribution >= 4 is 38.3 Å². The number of pyridine rings is 1. The number of rotatable bonds is 4. The van der Waals surface area contributed by atoms with Gasteiger partial charge in [-0.1, -0.05) is 23.7 Å². The summed E-state index contributed by atoms with van der Waals surface area (Å²) in [5.41, 5.74) is 3.31. The Hall–Kier alpha value is -2.83. The summed E-state index contributed by atoms with van der Waals surface area (Å²) in [7, 11) is -3.66. The third-order valence-electron chi connectivity index (χ3n) is 4.03. The molecule has 4 aromatic rings. The first-order valence-electron chi connectivity index (χ1n) is 7.84. The molecule has 130 valence electrons. The molecule has 0 aliphatic heterocycles. The van der Waals surface area contributed by atoms with Gasteiger partial charge in [0.15, 0.2) is 0 Å². The van der Waals surface area contributed by atoms with Crippen LogP contribution in [0.4, 0.5) is 5.69 Å². The van der Waals surface area contributed by atoms with Crippen LogP contribution in [0.25, 0.3) is 22.2 Å². The first-order chi connectivity index (χ1) is 12.5. The van der Waals surface area contributed by atoms with E-state index in [9.17, 15) is 8.42 Å². The minimum Gasteiger partial charge on any atom is -0.346 e. The summed E-state index contributed by atoms with van der Waals surface area (Å²) in [6.45, 7) is 0. The molecule has 7 heteroatoms. The maximum absolute atomic E-state index is 12.4. The Morgan fingerprint density at radius 2 is 1.65 bits per heavy atom. The molecular formula is C19H14ClN3O2S. The highest BCUT2D eigenvalue weighted by Crippen LogP contribution is 2.28. The lowest BCUT2D eigenvalue weighted by molar-refractivity contribution is 0.601. The van der Waals surface area contributed by atoms with Crippen LogP contribution in [0.5, 0.6) is 0 Å². The highest BCUT2D eigenvalue weighted by Gasteiger charge is 2.14. The predicted molar refractivity (Wildman–Crippen MR) is 104 cm³/mol. The summed E-state index contributed by atoms with van der Waals surface area (Å²) in [5, 5.41) is 1.50. The molecule has 0 bridgehead atoms. The Morgan fingerprint density at radius 3 is 2.38 bits per heavy atom. The summed E-state index contributed by atoms with van der Waals surface area (Å²) in [6, 6.07) is 17.2. The highest BCUT2D eigenvalue weighted by molar-refractivity contribution is 7.92. The van der Waals surface area contributed by atoms with Crippen molar-refractivity contribution in [1.29, 1.82) is 0 Å². The van der Waals surface area contributed by atoms with Crippen molar-refractivity contribution in [2.45, 2.75) is 4.90 Å². The van der Waals surface area contributed by atoms with Crippen molar-refractivity contribution in [3.63, 3.8) is 0 Å². The first-order valence-corrected chi connectivity index (χ1v) is 9.70. The molecule has 0 aliphatic carbocycles. The third-order valence-corrected chi connectivity index (χ3v) is 5.68. The van der Waals surface area contributed by atoms with Gasteiger partial charge in [-0.15, -0.1) is 0 Å². The SMILES string of the molecule is O=S(=O)(Nc1ccc(-c2ccnc3[nH]ccc23)cc1)c1ccc(Cl)cc1. The number of halogens is 1. The molecule has 0 saturated heterocycles. The monoisotopic (exact) mass is 383 g/mol. The number of hydrogen-bond donors (Lipinski definition) is 2. The number of anilines is 1. The van der Waals surface area contributed by atoms with Crippen LogP contribution in [0.15, 0.2) is 78.0 Å². The normalized spacial score (nSPS) is 11.6. The Balaban J connectivity index is 1.62. The van der Waals surface area contributed by atoms with Crippen LogP contribution in [-0.4, -0.2) is 18.4 Å². The lowest BCUT2D eigenvalue weighted by atomic mass is 10.0. The van der Waals surface area contributed by atoms with E-state index in [1.807, 2.05) is 30.5 Å². The molecule has 2 aromatic heterocycles. The second-order valence-electron chi connectivity index (χ2n) is 5.74. The van der Waals surface area contributed by atoms with Gasteiger partial charge in [0, 0.05) is 28.5 Å². The molecule has 0 radical (unpaired) electrons. The fraction of sp³-hybridized carbons (Fsp3) is 0. The number of H-pyrrole nitrogens is 1. The molecule has 0 saturated carbocycles. The zero-order valence-electron chi connectivity index (χ0n) is 13.5. The average molecular weight is 384 g/mol. The lowest BCUT2D eigenvalue weighted by Gasteiger charge is -2.09. The molecule has 2 aromatic carbocycles. The minimum atomic E-state index is -3.66. The molecule has 0 unspecified atom stereocenters. The van der Waals surface area contributed by atoms with E-state index in [2.05, 4.69) is 14.7 Å². The number of hydrogen-bond acceptors (Lipinski definition) is 3. The summed E-state index contributed by atoms with van der Waals surface area (Å²) >= 11 is 5.81. The maximum atomic E-state index is 12.4. The van der Waals surface area contributed by atoms with E-state index in [-0.39, 0.29) is 4.90 Å². The van der Waals surface area contributed by atoms with Crippen LogP contribution in [0.3, 0.4) is 0 Å². The van der Waals surface area contributed by atoms with E-state index >= 15 is 0 Å². The van der Waals surface area contributed by atoms with Gasteiger partial charge in [0.1, 0.15) is 5.65 Å².